The molecule has 0 aliphatic rings. The summed E-state index contributed by atoms with van der Waals surface area (Å²) in [5.74, 6) is 1.13. The zero-order valence-electron chi connectivity index (χ0n) is 12.4. The standard InChI is InChI=1S/C19H11Cl2NOS/c20-15-7-8-18(16(21)11-15)23-17-5-2-1-4-13(17)10-14(12-22)19-6-3-9-24-19/h1-11H. The molecule has 2 nitrogen and oxygen atoms in total. The van der Waals surface area contributed by atoms with Gasteiger partial charge in [-0.05, 0) is 41.8 Å². The number of benzene rings is 2. The number of rotatable bonds is 4. The molecule has 0 aliphatic heterocycles. The first kappa shape index (κ1) is 16.6. The molecule has 0 bridgehead atoms. The van der Waals surface area contributed by atoms with E-state index in [1.807, 2.05) is 47.9 Å². The summed E-state index contributed by atoms with van der Waals surface area (Å²) < 4.78 is 5.92. The summed E-state index contributed by atoms with van der Waals surface area (Å²) in [6.45, 7) is 0. The van der Waals surface area contributed by atoms with Crippen LogP contribution in [0, 0.1) is 11.3 Å². The van der Waals surface area contributed by atoms with Crippen LogP contribution in [-0.2, 0) is 0 Å². The number of hydrogen-bond donors (Lipinski definition) is 0. The number of nitrogens with zero attached hydrogens (tertiary/aromatic N) is 1. The van der Waals surface area contributed by atoms with Gasteiger partial charge in [-0.2, -0.15) is 5.26 Å². The normalized spacial score (nSPS) is 11.1. The molecule has 0 atom stereocenters. The Bertz CT molecular complexity index is 927. The van der Waals surface area contributed by atoms with Gasteiger partial charge in [-0.25, -0.2) is 0 Å². The molecule has 118 valence electrons. The van der Waals surface area contributed by atoms with E-state index in [1.54, 1.807) is 18.2 Å². The Hall–Kier alpha value is -2.25. The average molecular weight is 372 g/mol. The van der Waals surface area contributed by atoms with Crippen LogP contribution in [0.15, 0.2) is 60.0 Å². The molecule has 3 rings (SSSR count). The van der Waals surface area contributed by atoms with Gasteiger partial charge < -0.3 is 4.74 Å². The molecule has 2 aromatic carbocycles. The molecule has 1 aromatic heterocycles. The van der Waals surface area contributed by atoms with Crippen molar-refractivity contribution in [1.29, 1.82) is 5.26 Å². The molecule has 3 aromatic rings. The molecule has 0 amide bonds. The number of halogens is 2. The van der Waals surface area contributed by atoms with Crippen LogP contribution in [0.3, 0.4) is 0 Å². The van der Waals surface area contributed by atoms with Gasteiger partial charge in [0.15, 0.2) is 0 Å². The second kappa shape index (κ2) is 7.55. The maximum Gasteiger partial charge on any atom is 0.146 e. The Labute approximate surface area is 154 Å². The lowest BCUT2D eigenvalue weighted by molar-refractivity contribution is 0.482. The summed E-state index contributed by atoms with van der Waals surface area (Å²) in [5, 5.41) is 12.3. The molecule has 5 heteroatoms. The minimum Gasteiger partial charge on any atom is -0.455 e. The number of para-hydroxylation sites is 1. The molecular weight excluding hydrogens is 361 g/mol. The third-order valence-electron chi connectivity index (χ3n) is 3.24. The van der Waals surface area contributed by atoms with Crippen LogP contribution in [-0.4, -0.2) is 0 Å². The van der Waals surface area contributed by atoms with Crippen LogP contribution in [0.2, 0.25) is 10.0 Å². The average Bonchev–Trinajstić information content (AvgIpc) is 3.11. The highest BCUT2D eigenvalue weighted by molar-refractivity contribution is 7.11. The van der Waals surface area contributed by atoms with Crippen molar-refractivity contribution >= 4 is 46.2 Å². The van der Waals surface area contributed by atoms with E-state index in [0.717, 1.165) is 10.4 Å². The van der Waals surface area contributed by atoms with Crippen molar-refractivity contribution in [3.05, 3.63) is 80.5 Å². The van der Waals surface area contributed by atoms with Crippen LogP contribution in [0.25, 0.3) is 11.6 Å². The fourth-order valence-electron chi connectivity index (χ4n) is 2.11. The largest absolute Gasteiger partial charge is 0.455 e. The van der Waals surface area contributed by atoms with Crippen molar-refractivity contribution in [1.82, 2.24) is 0 Å². The highest BCUT2D eigenvalue weighted by Gasteiger charge is 2.09. The molecule has 0 radical (unpaired) electrons. The van der Waals surface area contributed by atoms with Crippen molar-refractivity contribution in [3.8, 4) is 17.6 Å². The maximum atomic E-state index is 9.43. The SMILES string of the molecule is N#CC(=Cc1ccccc1Oc1ccc(Cl)cc1Cl)c1cccs1. The third kappa shape index (κ3) is 3.80. The van der Waals surface area contributed by atoms with Crippen LogP contribution in [0.4, 0.5) is 0 Å². The Morgan fingerprint density at radius 2 is 1.88 bits per heavy atom. The molecule has 24 heavy (non-hydrogen) atoms. The molecule has 0 N–H and O–H groups in total. The molecule has 0 unspecified atom stereocenters. The molecule has 0 saturated heterocycles. The molecule has 0 spiro atoms. The second-order valence-electron chi connectivity index (χ2n) is 4.86. The fraction of sp³-hybridized carbons (Fsp3) is 0. The van der Waals surface area contributed by atoms with Crippen molar-refractivity contribution in [3.63, 3.8) is 0 Å². The number of thiophene rings is 1. The van der Waals surface area contributed by atoms with Crippen molar-refractivity contribution in [2.75, 3.05) is 0 Å². The van der Waals surface area contributed by atoms with E-state index in [4.69, 9.17) is 27.9 Å². The monoisotopic (exact) mass is 371 g/mol. The molecule has 0 aliphatic carbocycles. The quantitative estimate of drug-likeness (QED) is 0.466. The van der Waals surface area contributed by atoms with Crippen molar-refractivity contribution in [2.45, 2.75) is 0 Å². The van der Waals surface area contributed by atoms with E-state index in [-0.39, 0.29) is 0 Å². The van der Waals surface area contributed by atoms with Crippen molar-refractivity contribution < 1.29 is 4.74 Å². The fourth-order valence-corrected chi connectivity index (χ4v) is 3.25. The third-order valence-corrected chi connectivity index (χ3v) is 4.67. The van der Waals surface area contributed by atoms with Gasteiger partial charge in [0, 0.05) is 15.5 Å². The highest BCUT2D eigenvalue weighted by Crippen LogP contribution is 2.34. The Morgan fingerprint density at radius 3 is 2.58 bits per heavy atom. The van der Waals surface area contributed by atoms with Gasteiger partial charge >= 0.3 is 0 Å². The zero-order valence-corrected chi connectivity index (χ0v) is 14.7. The van der Waals surface area contributed by atoms with Gasteiger partial charge in [0.05, 0.1) is 10.6 Å². The molecule has 0 saturated carbocycles. The number of nitriles is 1. The first-order valence-electron chi connectivity index (χ1n) is 7.05. The minimum absolute atomic E-state index is 0.431. The van der Waals surface area contributed by atoms with Gasteiger partial charge in [0.2, 0.25) is 0 Å². The molecule has 1 heterocycles. The lowest BCUT2D eigenvalue weighted by atomic mass is 10.1. The van der Waals surface area contributed by atoms with Crippen LogP contribution < -0.4 is 4.74 Å². The lowest BCUT2D eigenvalue weighted by Crippen LogP contribution is -1.89. The van der Waals surface area contributed by atoms with E-state index in [0.29, 0.717) is 27.1 Å². The summed E-state index contributed by atoms with van der Waals surface area (Å²) in [6, 6.07) is 18.6. The number of allylic oxidation sites excluding steroid dienone is 1. The van der Waals surface area contributed by atoms with Gasteiger partial charge in [-0.3, -0.25) is 0 Å². The second-order valence-corrected chi connectivity index (χ2v) is 6.65. The van der Waals surface area contributed by atoms with E-state index in [1.165, 1.54) is 11.3 Å². The summed E-state index contributed by atoms with van der Waals surface area (Å²) in [5.41, 5.74) is 1.39. The predicted molar refractivity (Wildman–Crippen MR) is 101 cm³/mol. The van der Waals surface area contributed by atoms with E-state index in [2.05, 4.69) is 6.07 Å². The minimum atomic E-state index is 0.431. The zero-order chi connectivity index (χ0) is 16.9. The maximum absolute atomic E-state index is 9.43. The smallest absolute Gasteiger partial charge is 0.146 e. The highest BCUT2D eigenvalue weighted by atomic mass is 35.5. The summed E-state index contributed by atoms with van der Waals surface area (Å²) >= 11 is 13.6. The molecular formula is C19H11Cl2NOS. The first-order valence-corrected chi connectivity index (χ1v) is 8.68. The first-order chi connectivity index (χ1) is 11.7. The Balaban J connectivity index is 1.98. The van der Waals surface area contributed by atoms with Gasteiger partial charge in [0.1, 0.15) is 17.6 Å². The lowest BCUT2D eigenvalue weighted by Gasteiger charge is -2.10. The van der Waals surface area contributed by atoms with Crippen LogP contribution >= 0.6 is 34.5 Å². The van der Waals surface area contributed by atoms with Crippen LogP contribution in [0.5, 0.6) is 11.5 Å². The van der Waals surface area contributed by atoms with E-state index >= 15 is 0 Å². The summed E-state index contributed by atoms with van der Waals surface area (Å²) in [7, 11) is 0. The number of ether oxygens (including phenoxy) is 1. The topological polar surface area (TPSA) is 33.0 Å². The Morgan fingerprint density at radius 1 is 1.04 bits per heavy atom. The Kier molecular flexibility index (Phi) is 5.22. The van der Waals surface area contributed by atoms with Gasteiger partial charge in [-0.15, -0.1) is 11.3 Å². The summed E-state index contributed by atoms with van der Waals surface area (Å²) in [4.78, 5) is 0.914. The molecule has 0 fully saturated rings. The van der Waals surface area contributed by atoms with E-state index < -0.39 is 0 Å². The van der Waals surface area contributed by atoms with Gasteiger partial charge in [-0.1, -0.05) is 47.5 Å². The van der Waals surface area contributed by atoms with Crippen LogP contribution in [0.1, 0.15) is 10.4 Å². The van der Waals surface area contributed by atoms with E-state index in [9.17, 15) is 5.26 Å². The number of hydrogen-bond acceptors (Lipinski definition) is 3. The summed E-state index contributed by atoms with van der Waals surface area (Å²) in [6.07, 6.45) is 1.81. The van der Waals surface area contributed by atoms with Gasteiger partial charge in [0.25, 0.3) is 0 Å². The predicted octanol–water partition coefficient (Wildman–Crippen LogP) is 6.91. The van der Waals surface area contributed by atoms with Crippen molar-refractivity contribution in [2.24, 2.45) is 0 Å².